The third-order valence-corrected chi connectivity index (χ3v) is 4.22. The van der Waals surface area contributed by atoms with Gasteiger partial charge in [-0.05, 0) is 46.7 Å². The number of allylic oxidation sites excluding steroid dienone is 2. The molecule has 1 aromatic heterocycles. The lowest BCUT2D eigenvalue weighted by Gasteiger charge is -2.29. The van der Waals surface area contributed by atoms with E-state index in [-0.39, 0.29) is 0 Å². The highest BCUT2D eigenvalue weighted by atomic mass is 32.1. The molecule has 1 nitrogen and oxygen atoms in total. The maximum atomic E-state index is 2.32. The Morgan fingerprint density at radius 1 is 1.24 bits per heavy atom. The first-order valence-electron chi connectivity index (χ1n) is 5.75. The fourth-order valence-electron chi connectivity index (χ4n) is 2.47. The van der Waals surface area contributed by atoms with Crippen LogP contribution in [0, 0.1) is 0 Å². The van der Waals surface area contributed by atoms with Crippen LogP contribution in [-0.4, -0.2) is 11.4 Å². The van der Waals surface area contributed by atoms with Crippen molar-refractivity contribution in [1.82, 2.24) is 4.90 Å². The first-order valence-corrected chi connectivity index (χ1v) is 6.63. The van der Waals surface area contributed by atoms with E-state index < -0.39 is 0 Å². The van der Waals surface area contributed by atoms with Gasteiger partial charge >= 0.3 is 0 Å². The molecule has 0 amide bonds. The molecule has 0 unspecified atom stereocenters. The van der Waals surface area contributed by atoms with E-state index in [1.807, 2.05) is 11.3 Å². The van der Waals surface area contributed by atoms with Crippen molar-refractivity contribution in [2.24, 2.45) is 0 Å². The summed E-state index contributed by atoms with van der Waals surface area (Å²) < 4.78 is 1.37. The Kier molecular flexibility index (Phi) is 1.82. The molecule has 0 N–H and O–H groups in total. The highest BCUT2D eigenvalue weighted by Gasteiger charge is 2.18. The lowest BCUT2D eigenvalue weighted by atomic mass is 9.97. The zero-order valence-electron chi connectivity index (χ0n) is 9.26. The summed E-state index contributed by atoms with van der Waals surface area (Å²) in [4.78, 5) is 2.29. The molecule has 0 bridgehead atoms. The van der Waals surface area contributed by atoms with Crippen molar-refractivity contribution >= 4 is 33.2 Å². The molecule has 3 heterocycles. The van der Waals surface area contributed by atoms with E-state index in [0.717, 1.165) is 6.54 Å². The number of fused-ring (bicyclic) bond motifs is 4. The number of nitrogens with zero attached hydrogens (tertiary/aromatic N) is 1. The fraction of sp³-hybridized carbons (Fsp3) is 0.0667. The van der Waals surface area contributed by atoms with Gasteiger partial charge in [0.2, 0.25) is 0 Å². The van der Waals surface area contributed by atoms with Crippen molar-refractivity contribution in [3.8, 4) is 0 Å². The third-order valence-electron chi connectivity index (χ3n) is 3.34. The van der Waals surface area contributed by atoms with Gasteiger partial charge in [-0.2, -0.15) is 0 Å². The highest BCUT2D eigenvalue weighted by molar-refractivity contribution is 7.17. The molecule has 0 spiro atoms. The molecule has 0 saturated heterocycles. The molecule has 2 aromatic rings. The average molecular weight is 237 g/mol. The molecule has 0 atom stereocenters. The van der Waals surface area contributed by atoms with Crippen LogP contribution in [0.1, 0.15) is 11.1 Å². The summed E-state index contributed by atoms with van der Waals surface area (Å²) in [5, 5.41) is 3.51. The Morgan fingerprint density at radius 2 is 2.24 bits per heavy atom. The monoisotopic (exact) mass is 237 g/mol. The predicted octanol–water partition coefficient (Wildman–Crippen LogP) is 4.10. The number of hydrogen-bond donors (Lipinski definition) is 0. The lowest BCUT2D eigenvalue weighted by Crippen LogP contribution is -2.20. The van der Waals surface area contributed by atoms with E-state index in [0.29, 0.717) is 0 Å². The molecule has 0 saturated carbocycles. The minimum Gasteiger partial charge on any atom is -0.344 e. The molecule has 0 aliphatic carbocycles. The second-order valence-electron chi connectivity index (χ2n) is 4.35. The zero-order chi connectivity index (χ0) is 11.2. The van der Waals surface area contributed by atoms with Gasteiger partial charge in [0.25, 0.3) is 0 Å². The van der Waals surface area contributed by atoms with Crippen LogP contribution in [0.4, 0.5) is 0 Å². The van der Waals surface area contributed by atoms with E-state index >= 15 is 0 Å². The van der Waals surface area contributed by atoms with E-state index in [4.69, 9.17) is 0 Å². The van der Waals surface area contributed by atoms with Gasteiger partial charge in [-0.3, -0.25) is 0 Å². The van der Waals surface area contributed by atoms with E-state index in [9.17, 15) is 0 Å². The third kappa shape index (κ3) is 1.31. The van der Waals surface area contributed by atoms with Gasteiger partial charge in [-0.15, -0.1) is 11.3 Å². The topological polar surface area (TPSA) is 3.24 Å². The molecule has 2 heteroatoms. The first-order chi connectivity index (χ1) is 8.42. The van der Waals surface area contributed by atoms with Crippen molar-refractivity contribution in [2.45, 2.75) is 0 Å². The summed E-state index contributed by atoms with van der Waals surface area (Å²) in [6.07, 6.45) is 10.9. The van der Waals surface area contributed by atoms with Crippen LogP contribution in [-0.2, 0) is 0 Å². The standard InChI is InChI=1S/C15H11NS/c1-2-6-16-7-4-11-9-12-5-8-17-15(12)10-13(11)14(16)3-1/h1-5,7-10H,6H2. The smallest absolute Gasteiger partial charge is 0.0489 e. The first kappa shape index (κ1) is 9.25. The Bertz CT molecular complexity index is 688. The Hall–Kier alpha value is -1.80. The molecule has 17 heavy (non-hydrogen) atoms. The summed E-state index contributed by atoms with van der Waals surface area (Å²) >= 11 is 1.81. The molecule has 4 rings (SSSR count). The number of hydrogen-bond acceptors (Lipinski definition) is 2. The highest BCUT2D eigenvalue weighted by Crippen LogP contribution is 2.35. The molecule has 1 aromatic carbocycles. The average Bonchev–Trinajstić information content (AvgIpc) is 2.83. The number of thiophene rings is 1. The lowest BCUT2D eigenvalue weighted by molar-refractivity contribution is 0.587. The summed E-state index contributed by atoms with van der Waals surface area (Å²) in [5.41, 5.74) is 4.00. The van der Waals surface area contributed by atoms with Gasteiger partial charge in [0, 0.05) is 28.7 Å². The maximum absolute atomic E-state index is 2.32. The largest absolute Gasteiger partial charge is 0.344 e. The van der Waals surface area contributed by atoms with Crippen LogP contribution in [0.15, 0.2) is 48.0 Å². The molecular formula is C15H11NS. The fourth-order valence-corrected chi connectivity index (χ4v) is 3.28. The molecular weight excluding hydrogens is 226 g/mol. The van der Waals surface area contributed by atoms with Crippen LogP contribution >= 0.6 is 11.3 Å². The SMILES string of the molecule is C1=CCN2C=Cc3cc4ccsc4cc3C2=C1. The van der Waals surface area contributed by atoms with Gasteiger partial charge in [0.1, 0.15) is 0 Å². The van der Waals surface area contributed by atoms with Gasteiger partial charge in [-0.25, -0.2) is 0 Å². The quantitative estimate of drug-likeness (QED) is 0.667. The predicted molar refractivity (Wildman–Crippen MR) is 74.7 cm³/mol. The van der Waals surface area contributed by atoms with Crippen molar-refractivity contribution in [3.05, 3.63) is 59.1 Å². The van der Waals surface area contributed by atoms with Crippen LogP contribution in [0.3, 0.4) is 0 Å². The van der Waals surface area contributed by atoms with Crippen LogP contribution in [0.2, 0.25) is 0 Å². The zero-order valence-corrected chi connectivity index (χ0v) is 10.1. The molecule has 2 aliphatic heterocycles. The summed E-state index contributed by atoms with van der Waals surface area (Å²) in [6, 6.07) is 6.79. The van der Waals surface area contributed by atoms with E-state index in [2.05, 4.69) is 59.0 Å². The summed E-state index contributed by atoms with van der Waals surface area (Å²) in [7, 11) is 0. The van der Waals surface area contributed by atoms with E-state index in [1.165, 1.54) is 26.9 Å². The van der Waals surface area contributed by atoms with Crippen LogP contribution in [0.25, 0.3) is 21.9 Å². The Morgan fingerprint density at radius 3 is 3.24 bits per heavy atom. The normalized spacial score (nSPS) is 16.9. The maximum Gasteiger partial charge on any atom is 0.0489 e. The Balaban J connectivity index is 2.03. The second kappa shape index (κ2) is 3.34. The van der Waals surface area contributed by atoms with Crippen molar-refractivity contribution in [1.29, 1.82) is 0 Å². The summed E-state index contributed by atoms with van der Waals surface area (Å²) in [5.74, 6) is 0. The van der Waals surface area contributed by atoms with Gasteiger partial charge < -0.3 is 4.90 Å². The molecule has 0 fully saturated rings. The minimum absolute atomic E-state index is 0.976. The second-order valence-corrected chi connectivity index (χ2v) is 5.29. The Labute approximate surface area is 104 Å². The summed E-state index contributed by atoms with van der Waals surface area (Å²) in [6.45, 7) is 0.976. The minimum atomic E-state index is 0.976. The van der Waals surface area contributed by atoms with Crippen molar-refractivity contribution in [3.63, 3.8) is 0 Å². The van der Waals surface area contributed by atoms with Crippen LogP contribution in [0.5, 0.6) is 0 Å². The number of benzene rings is 1. The number of rotatable bonds is 0. The molecule has 2 aliphatic rings. The molecule has 82 valence electrons. The van der Waals surface area contributed by atoms with Crippen molar-refractivity contribution in [2.75, 3.05) is 6.54 Å². The molecule has 0 radical (unpaired) electrons. The van der Waals surface area contributed by atoms with Gasteiger partial charge in [0.15, 0.2) is 0 Å². The van der Waals surface area contributed by atoms with Crippen molar-refractivity contribution < 1.29 is 0 Å². The van der Waals surface area contributed by atoms with Gasteiger partial charge in [-0.1, -0.05) is 12.2 Å². The van der Waals surface area contributed by atoms with E-state index in [1.54, 1.807) is 0 Å². The van der Waals surface area contributed by atoms with Crippen LogP contribution < -0.4 is 0 Å². The van der Waals surface area contributed by atoms with Gasteiger partial charge in [0.05, 0.1) is 0 Å².